The number of anilines is 1. The topological polar surface area (TPSA) is 114 Å². The van der Waals surface area contributed by atoms with Crippen molar-refractivity contribution in [2.24, 2.45) is 0 Å². The Balaban J connectivity index is 1.19. The summed E-state index contributed by atoms with van der Waals surface area (Å²) >= 11 is 0. The van der Waals surface area contributed by atoms with E-state index in [4.69, 9.17) is 4.74 Å². The molecule has 1 unspecified atom stereocenters. The number of amides is 2. The largest absolute Gasteiger partial charge is 0.415 e. The van der Waals surface area contributed by atoms with Gasteiger partial charge in [0.05, 0.1) is 11.0 Å². The van der Waals surface area contributed by atoms with Crippen LogP contribution in [0, 0.1) is 5.82 Å². The van der Waals surface area contributed by atoms with Crippen molar-refractivity contribution in [3.05, 3.63) is 89.2 Å². The smallest absolute Gasteiger partial charge is 0.375 e. The number of aromatic amines is 1. The third kappa shape index (κ3) is 5.15. The lowest BCUT2D eigenvalue weighted by molar-refractivity contribution is 0.0704. The molecule has 3 heterocycles. The number of nitrogens with one attached hydrogen (secondary N) is 2. The normalized spacial score (nSPS) is 19.5. The number of H-pyrrole nitrogens is 1. The summed E-state index contributed by atoms with van der Waals surface area (Å²) in [6.07, 6.45) is 0.199. The molecule has 1 atom stereocenters. The molecule has 2 amide bonds. The number of aliphatic hydroxyl groups is 1. The molecule has 3 aromatic carbocycles. The van der Waals surface area contributed by atoms with Gasteiger partial charge in [-0.1, -0.05) is 24.3 Å². The Morgan fingerprint density at radius 1 is 1.10 bits per heavy atom. The molecule has 1 fully saturated rings. The van der Waals surface area contributed by atoms with E-state index in [1.807, 2.05) is 0 Å². The summed E-state index contributed by atoms with van der Waals surface area (Å²) in [6, 6.07) is 17.2. The van der Waals surface area contributed by atoms with Crippen LogP contribution >= 0.6 is 0 Å². The molecule has 1 saturated heterocycles. The van der Waals surface area contributed by atoms with Gasteiger partial charge < -0.3 is 29.9 Å². The highest BCUT2D eigenvalue weighted by atomic mass is 19.1. The van der Waals surface area contributed by atoms with Gasteiger partial charge in [-0.15, -0.1) is 0 Å². The van der Waals surface area contributed by atoms with Gasteiger partial charge in [-0.3, -0.25) is 9.69 Å². The highest BCUT2D eigenvalue weighted by Crippen LogP contribution is 2.45. The predicted octanol–water partition coefficient (Wildman–Crippen LogP) is 3.28. The second-order valence-electron chi connectivity index (χ2n) is 10.4. The first-order chi connectivity index (χ1) is 19.8. The molecule has 0 saturated carbocycles. The third-order valence-corrected chi connectivity index (χ3v) is 7.71. The number of hydrogen-bond donors (Lipinski definition) is 3. The Morgan fingerprint density at radius 3 is 2.63 bits per heavy atom. The highest BCUT2D eigenvalue weighted by Gasteiger charge is 2.50. The summed E-state index contributed by atoms with van der Waals surface area (Å²) in [5.74, 6) is -0.861. The minimum atomic E-state index is -1.87. The van der Waals surface area contributed by atoms with Crippen LogP contribution in [0.1, 0.15) is 27.9 Å². The average Bonchev–Trinajstić information content (AvgIpc) is 3.48. The van der Waals surface area contributed by atoms with Crippen molar-refractivity contribution >= 4 is 28.7 Å². The molecule has 0 spiro atoms. The van der Waals surface area contributed by atoms with Crippen LogP contribution in [-0.4, -0.2) is 83.2 Å². The zero-order valence-electron chi connectivity index (χ0n) is 22.6. The molecular formula is C30H31FN6O4. The molecule has 0 bridgehead atoms. The minimum Gasteiger partial charge on any atom is -0.375 e. The van der Waals surface area contributed by atoms with Crippen LogP contribution in [0.3, 0.4) is 0 Å². The lowest BCUT2D eigenvalue weighted by atomic mass is 9.93. The summed E-state index contributed by atoms with van der Waals surface area (Å²) < 4.78 is 19.0. The fourth-order valence-electron chi connectivity index (χ4n) is 5.48. The van der Waals surface area contributed by atoms with Gasteiger partial charge in [-0.2, -0.15) is 4.98 Å². The van der Waals surface area contributed by atoms with Crippen molar-refractivity contribution in [1.29, 1.82) is 0 Å². The number of carbonyl (C=O) groups excluding carboxylic acids is 2. The summed E-state index contributed by atoms with van der Waals surface area (Å²) in [5.41, 5.74) is 0.626. The number of carbonyl (C=O) groups is 2. The number of piperazine rings is 1. The number of ether oxygens (including phenoxy) is 1. The Kier molecular flexibility index (Phi) is 7.16. The number of imidazole rings is 1. The molecule has 2 aliphatic heterocycles. The molecule has 10 nitrogen and oxygen atoms in total. The summed E-state index contributed by atoms with van der Waals surface area (Å²) in [5, 5.41) is 14.9. The molecule has 212 valence electrons. The van der Waals surface area contributed by atoms with E-state index in [0.717, 1.165) is 39.1 Å². The lowest BCUT2D eigenvalue weighted by Gasteiger charge is -2.34. The molecule has 0 aliphatic carbocycles. The predicted molar refractivity (Wildman–Crippen MR) is 151 cm³/mol. The minimum absolute atomic E-state index is 0.0130. The van der Waals surface area contributed by atoms with Crippen LogP contribution in [0.25, 0.3) is 11.0 Å². The number of hydrogen-bond acceptors (Lipinski definition) is 7. The first-order valence-corrected chi connectivity index (χ1v) is 13.6. The second-order valence-corrected chi connectivity index (χ2v) is 10.4. The van der Waals surface area contributed by atoms with Crippen molar-refractivity contribution in [2.45, 2.75) is 12.1 Å². The van der Waals surface area contributed by atoms with Gasteiger partial charge in [0.1, 0.15) is 5.82 Å². The monoisotopic (exact) mass is 558 g/mol. The van der Waals surface area contributed by atoms with Gasteiger partial charge >= 0.3 is 12.1 Å². The Labute approximate surface area is 236 Å². The molecule has 4 aromatic rings. The van der Waals surface area contributed by atoms with Crippen LogP contribution in [-0.2, 0) is 5.72 Å². The molecule has 1 aromatic heterocycles. The maximum Gasteiger partial charge on any atom is 0.415 e. The van der Waals surface area contributed by atoms with Gasteiger partial charge in [0.15, 0.2) is 5.72 Å². The van der Waals surface area contributed by atoms with E-state index in [2.05, 4.69) is 32.1 Å². The number of nitrogens with zero attached hydrogens (tertiary/aromatic N) is 4. The number of halogens is 1. The lowest BCUT2D eigenvalue weighted by Crippen LogP contribution is -2.45. The summed E-state index contributed by atoms with van der Waals surface area (Å²) in [4.78, 5) is 39.1. The van der Waals surface area contributed by atoms with Gasteiger partial charge in [0, 0.05) is 55.1 Å². The van der Waals surface area contributed by atoms with Crippen molar-refractivity contribution in [3.8, 4) is 6.01 Å². The number of fused-ring (bicyclic) bond motifs is 2. The molecule has 11 heteroatoms. The Hall–Kier alpha value is -4.32. The number of likely N-dealkylation sites (N-methyl/N-ethyl adjacent to an activating group) is 1. The van der Waals surface area contributed by atoms with E-state index in [1.165, 1.54) is 29.2 Å². The van der Waals surface area contributed by atoms with Crippen molar-refractivity contribution < 1.29 is 23.8 Å². The standard InChI is InChI=1S/C30H31FN6O4/c1-35-15-17-36(18-16-35)14-4-13-32-29(39)41-28-33-25-12-7-20(19-26(25)34-28)30(40)24-6-3-2-5-23(24)27(38)37(30)22-10-8-21(31)9-11-22/h2-3,5-12,19,40H,4,13-18H2,1H3,(H,32,39)(H,33,34). The van der Waals surface area contributed by atoms with Gasteiger partial charge in [0.2, 0.25) is 0 Å². The van der Waals surface area contributed by atoms with Crippen molar-refractivity contribution in [3.63, 3.8) is 0 Å². The molecular weight excluding hydrogens is 527 g/mol. The van der Waals surface area contributed by atoms with E-state index in [1.54, 1.807) is 42.5 Å². The fourth-order valence-corrected chi connectivity index (χ4v) is 5.48. The quantitative estimate of drug-likeness (QED) is 0.298. The van der Waals surface area contributed by atoms with E-state index in [-0.39, 0.29) is 6.01 Å². The number of aromatic nitrogens is 2. The van der Waals surface area contributed by atoms with Gasteiger partial charge in [-0.05, 0) is 62.5 Å². The maximum atomic E-state index is 13.7. The van der Waals surface area contributed by atoms with Gasteiger partial charge in [-0.25, -0.2) is 9.18 Å². The zero-order valence-corrected chi connectivity index (χ0v) is 22.6. The van der Waals surface area contributed by atoms with Crippen LogP contribution in [0.2, 0.25) is 0 Å². The van der Waals surface area contributed by atoms with E-state index < -0.39 is 23.5 Å². The van der Waals surface area contributed by atoms with Crippen molar-refractivity contribution in [2.75, 3.05) is 51.2 Å². The molecule has 0 radical (unpaired) electrons. The summed E-state index contributed by atoms with van der Waals surface area (Å²) in [7, 11) is 2.12. The first kappa shape index (κ1) is 26.9. The molecule has 6 rings (SSSR count). The van der Waals surface area contributed by atoms with E-state index in [9.17, 15) is 19.1 Å². The Morgan fingerprint density at radius 2 is 1.85 bits per heavy atom. The van der Waals surface area contributed by atoms with Crippen LogP contribution in [0.5, 0.6) is 6.01 Å². The van der Waals surface area contributed by atoms with E-state index in [0.29, 0.717) is 40.0 Å². The first-order valence-electron chi connectivity index (χ1n) is 13.6. The third-order valence-electron chi connectivity index (χ3n) is 7.71. The van der Waals surface area contributed by atoms with Crippen LogP contribution in [0.4, 0.5) is 14.9 Å². The highest BCUT2D eigenvalue weighted by molar-refractivity contribution is 6.12. The maximum absolute atomic E-state index is 13.7. The fraction of sp³-hybridized carbons (Fsp3) is 0.300. The number of rotatable bonds is 7. The summed E-state index contributed by atoms with van der Waals surface area (Å²) in [6.45, 7) is 5.54. The molecule has 2 aliphatic rings. The molecule has 41 heavy (non-hydrogen) atoms. The Bertz CT molecular complexity index is 1580. The van der Waals surface area contributed by atoms with Crippen LogP contribution in [0.15, 0.2) is 66.7 Å². The van der Waals surface area contributed by atoms with Crippen molar-refractivity contribution in [1.82, 2.24) is 25.1 Å². The van der Waals surface area contributed by atoms with E-state index >= 15 is 0 Å². The zero-order chi connectivity index (χ0) is 28.6. The average molecular weight is 559 g/mol. The van der Waals surface area contributed by atoms with Crippen LogP contribution < -0.4 is 15.0 Å². The number of benzene rings is 3. The molecule has 3 N–H and O–H groups in total. The van der Waals surface area contributed by atoms with Gasteiger partial charge in [0.25, 0.3) is 5.91 Å². The SMILES string of the molecule is CN1CCN(CCCNC(=O)Oc2nc3ccc(C4(O)c5ccccc5C(=O)N4c4ccc(F)cc4)cc3[nH]2)CC1. The second kappa shape index (κ2) is 10.9.